The highest BCUT2D eigenvalue weighted by Gasteiger charge is 2.28. The van der Waals surface area contributed by atoms with E-state index in [1.165, 1.54) is 24.2 Å². The van der Waals surface area contributed by atoms with Crippen molar-refractivity contribution in [1.82, 2.24) is 10.3 Å². The van der Waals surface area contributed by atoms with E-state index in [9.17, 15) is 4.79 Å². The Labute approximate surface area is 146 Å². The maximum absolute atomic E-state index is 12.2. The molecule has 0 aliphatic heterocycles. The highest BCUT2D eigenvalue weighted by Crippen LogP contribution is 2.31. The van der Waals surface area contributed by atoms with E-state index >= 15 is 0 Å². The number of rotatable bonds is 8. The molecule has 128 valence electrons. The lowest BCUT2D eigenvalue weighted by atomic mass is 10.2. The van der Waals surface area contributed by atoms with Crippen LogP contribution in [-0.2, 0) is 0 Å². The molecule has 1 aromatic heterocycles. The number of hydrogen-bond donors (Lipinski definition) is 2. The second kappa shape index (κ2) is 7.77. The molecule has 1 aromatic carbocycles. The summed E-state index contributed by atoms with van der Waals surface area (Å²) in [7, 11) is 0. The van der Waals surface area contributed by atoms with Gasteiger partial charge in [-0.25, -0.2) is 4.98 Å². The first-order valence-corrected chi connectivity index (χ1v) is 9.28. The minimum Gasteiger partial charge on any atom is -0.494 e. The van der Waals surface area contributed by atoms with E-state index in [0.29, 0.717) is 24.8 Å². The van der Waals surface area contributed by atoms with E-state index in [-0.39, 0.29) is 11.9 Å². The van der Waals surface area contributed by atoms with Gasteiger partial charge in [0.05, 0.1) is 6.61 Å². The van der Waals surface area contributed by atoms with E-state index in [2.05, 4.69) is 17.2 Å². The first-order valence-electron chi connectivity index (χ1n) is 8.40. The Kier molecular flexibility index (Phi) is 5.48. The average Bonchev–Trinajstić information content (AvgIpc) is 3.35. The number of nitrogens with one attached hydrogen (secondary N) is 1. The van der Waals surface area contributed by atoms with E-state index < -0.39 is 0 Å². The van der Waals surface area contributed by atoms with Gasteiger partial charge in [0.15, 0.2) is 0 Å². The Morgan fingerprint density at radius 3 is 2.83 bits per heavy atom. The van der Waals surface area contributed by atoms with Crippen LogP contribution in [0.3, 0.4) is 0 Å². The third kappa shape index (κ3) is 4.33. The number of carbonyl (C=O) groups excluding carboxylic acids is 1. The predicted molar refractivity (Wildman–Crippen MR) is 96.4 cm³/mol. The summed E-state index contributed by atoms with van der Waals surface area (Å²) < 4.78 is 5.58. The zero-order chi connectivity index (χ0) is 16.9. The lowest BCUT2D eigenvalue weighted by Crippen LogP contribution is -2.38. The molecule has 0 spiro atoms. The highest BCUT2D eigenvalue weighted by molar-refractivity contribution is 7.13. The molecule has 1 unspecified atom stereocenters. The fourth-order valence-electron chi connectivity index (χ4n) is 2.42. The van der Waals surface area contributed by atoms with Crippen molar-refractivity contribution >= 4 is 17.2 Å². The van der Waals surface area contributed by atoms with Crippen LogP contribution in [0.5, 0.6) is 5.75 Å². The Bertz CT molecular complexity index is 680. The van der Waals surface area contributed by atoms with Crippen molar-refractivity contribution in [3.63, 3.8) is 0 Å². The lowest BCUT2D eigenvalue weighted by molar-refractivity contribution is 0.0946. The predicted octanol–water partition coefficient (Wildman–Crippen LogP) is 3.07. The van der Waals surface area contributed by atoms with Crippen LogP contribution in [0.2, 0.25) is 0 Å². The minimum atomic E-state index is -0.156. The van der Waals surface area contributed by atoms with Crippen molar-refractivity contribution in [2.75, 3.05) is 13.2 Å². The largest absolute Gasteiger partial charge is 0.494 e. The minimum absolute atomic E-state index is 0.0581. The van der Waals surface area contributed by atoms with Gasteiger partial charge in [-0.05, 0) is 49.4 Å². The summed E-state index contributed by atoms with van der Waals surface area (Å²) in [5.41, 5.74) is 7.44. The van der Waals surface area contributed by atoms with Crippen LogP contribution in [0.15, 0.2) is 29.6 Å². The Morgan fingerprint density at radius 1 is 1.42 bits per heavy atom. The topological polar surface area (TPSA) is 77.2 Å². The van der Waals surface area contributed by atoms with Crippen LogP contribution >= 0.6 is 11.3 Å². The summed E-state index contributed by atoms with van der Waals surface area (Å²) in [6, 6.07) is 7.85. The SMILES string of the molecule is CCCOc1ccc(-c2nc(C(=O)NCC(N)C3CC3)cs2)cc1. The number of aromatic nitrogens is 1. The number of ether oxygens (including phenoxy) is 1. The van der Waals surface area contributed by atoms with Crippen molar-refractivity contribution in [1.29, 1.82) is 0 Å². The van der Waals surface area contributed by atoms with Gasteiger partial charge >= 0.3 is 0 Å². The fourth-order valence-corrected chi connectivity index (χ4v) is 3.22. The molecule has 1 atom stereocenters. The molecule has 6 heteroatoms. The molecular weight excluding hydrogens is 322 g/mol. The van der Waals surface area contributed by atoms with Crippen molar-refractivity contribution in [2.24, 2.45) is 11.7 Å². The molecule has 5 nitrogen and oxygen atoms in total. The van der Waals surface area contributed by atoms with E-state index in [1.54, 1.807) is 5.38 Å². The van der Waals surface area contributed by atoms with Crippen LogP contribution in [0.25, 0.3) is 10.6 Å². The number of nitrogens with zero attached hydrogens (tertiary/aromatic N) is 1. The number of amides is 1. The molecular formula is C18H23N3O2S. The first kappa shape index (κ1) is 16.9. The zero-order valence-electron chi connectivity index (χ0n) is 13.8. The Balaban J connectivity index is 1.58. The van der Waals surface area contributed by atoms with Crippen molar-refractivity contribution in [2.45, 2.75) is 32.2 Å². The molecule has 1 heterocycles. The van der Waals surface area contributed by atoms with Gasteiger partial charge in [-0.3, -0.25) is 4.79 Å². The summed E-state index contributed by atoms with van der Waals surface area (Å²) in [5.74, 6) is 1.27. The number of nitrogens with two attached hydrogens (primary N) is 1. The normalized spacial score (nSPS) is 15.1. The van der Waals surface area contributed by atoms with Gasteiger partial charge in [0.2, 0.25) is 0 Å². The molecule has 24 heavy (non-hydrogen) atoms. The Morgan fingerprint density at radius 2 is 2.17 bits per heavy atom. The molecule has 1 saturated carbocycles. The zero-order valence-corrected chi connectivity index (χ0v) is 14.6. The van der Waals surface area contributed by atoms with Crippen molar-refractivity contribution in [3.8, 4) is 16.3 Å². The smallest absolute Gasteiger partial charge is 0.270 e. The molecule has 3 N–H and O–H groups in total. The van der Waals surface area contributed by atoms with Gasteiger partial charge in [0.1, 0.15) is 16.5 Å². The first-order chi connectivity index (χ1) is 11.7. The highest BCUT2D eigenvalue weighted by atomic mass is 32.1. The van der Waals surface area contributed by atoms with E-state index in [4.69, 9.17) is 10.5 Å². The summed E-state index contributed by atoms with van der Waals surface area (Å²) in [4.78, 5) is 16.6. The number of thiazole rings is 1. The molecule has 1 aliphatic rings. The molecule has 1 fully saturated rings. The van der Waals surface area contributed by atoms with Gasteiger partial charge in [-0.2, -0.15) is 0 Å². The molecule has 0 saturated heterocycles. The monoisotopic (exact) mass is 345 g/mol. The van der Waals surface area contributed by atoms with Crippen LogP contribution in [0, 0.1) is 5.92 Å². The summed E-state index contributed by atoms with van der Waals surface area (Å²) in [5, 5.41) is 5.49. The van der Waals surface area contributed by atoms with Crippen LogP contribution in [-0.4, -0.2) is 30.1 Å². The summed E-state index contributed by atoms with van der Waals surface area (Å²) >= 11 is 1.46. The Hall–Kier alpha value is -1.92. The van der Waals surface area contributed by atoms with Gasteiger partial charge in [0, 0.05) is 23.5 Å². The van der Waals surface area contributed by atoms with Crippen LogP contribution in [0.1, 0.15) is 36.7 Å². The molecule has 2 aromatic rings. The van der Waals surface area contributed by atoms with Gasteiger partial charge < -0.3 is 15.8 Å². The van der Waals surface area contributed by atoms with Gasteiger partial charge in [0.25, 0.3) is 5.91 Å². The number of benzene rings is 1. The number of carbonyl (C=O) groups is 1. The van der Waals surface area contributed by atoms with Gasteiger partial charge in [-0.15, -0.1) is 11.3 Å². The lowest BCUT2D eigenvalue weighted by Gasteiger charge is -2.10. The maximum Gasteiger partial charge on any atom is 0.270 e. The standard InChI is InChI=1S/C18H23N3O2S/c1-2-9-23-14-7-5-13(6-8-14)18-21-16(11-24-18)17(22)20-10-15(19)12-3-4-12/h5-8,11-12,15H,2-4,9-10,19H2,1H3,(H,20,22). The molecule has 0 bridgehead atoms. The molecule has 1 amide bonds. The van der Waals surface area contributed by atoms with Gasteiger partial charge in [-0.1, -0.05) is 6.92 Å². The van der Waals surface area contributed by atoms with Crippen LogP contribution in [0.4, 0.5) is 0 Å². The molecule has 3 rings (SSSR count). The second-order valence-electron chi connectivity index (χ2n) is 6.12. The van der Waals surface area contributed by atoms with Crippen molar-refractivity contribution in [3.05, 3.63) is 35.3 Å². The summed E-state index contributed by atoms with van der Waals surface area (Å²) in [6.07, 6.45) is 3.34. The van der Waals surface area contributed by atoms with E-state index in [1.807, 2.05) is 24.3 Å². The third-order valence-corrected chi connectivity index (χ3v) is 4.93. The molecule has 1 aliphatic carbocycles. The second-order valence-corrected chi connectivity index (χ2v) is 6.98. The van der Waals surface area contributed by atoms with Crippen molar-refractivity contribution < 1.29 is 9.53 Å². The third-order valence-electron chi connectivity index (χ3n) is 4.04. The molecule has 0 radical (unpaired) electrons. The quantitative estimate of drug-likeness (QED) is 0.771. The number of hydrogen-bond acceptors (Lipinski definition) is 5. The van der Waals surface area contributed by atoms with E-state index in [0.717, 1.165) is 22.7 Å². The summed E-state index contributed by atoms with van der Waals surface area (Å²) in [6.45, 7) is 3.30. The fraction of sp³-hybridized carbons (Fsp3) is 0.444. The average molecular weight is 345 g/mol. The van der Waals surface area contributed by atoms with Crippen LogP contribution < -0.4 is 15.8 Å². The maximum atomic E-state index is 12.2.